The number of esters is 2. The molecular weight excluding hydrogens is 244 g/mol. The summed E-state index contributed by atoms with van der Waals surface area (Å²) in [7, 11) is 0. The lowest BCUT2D eigenvalue weighted by molar-refractivity contribution is -0.158. The Balaban J connectivity index is 1.64. The summed E-state index contributed by atoms with van der Waals surface area (Å²) >= 11 is 0. The van der Waals surface area contributed by atoms with E-state index in [0.717, 1.165) is 12.8 Å². The van der Waals surface area contributed by atoms with Gasteiger partial charge in [-0.1, -0.05) is 20.4 Å². The highest BCUT2D eigenvalue weighted by molar-refractivity contribution is 5.88. The summed E-state index contributed by atoms with van der Waals surface area (Å²) < 4.78 is 10.9. The number of ether oxygens (including phenoxy) is 2. The second kappa shape index (κ2) is 4.36. The van der Waals surface area contributed by atoms with Gasteiger partial charge in [-0.15, -0.1) is 0 Å². The molecule has 0 spiro atoms. The topological polar surface area (TPSA) is 52.6 Å². The summed E-state index contributed by atoms with van der Waals surface area (Å²) in [6, 6.07) is 0. The third-order valence-electron chi connectivity index (χ3n) is 4.60. The second-order valence-electron chi connectivity index (χ2n) is 6.47. The molecule has 4 nitrogen and oxygen atoms in total. The summed E-state index contributed by atoms with van der Waals surface area (Å²) in [5, 5.41) is 0. The highest BCUT2D eigenvalue weighted by Crippen LogP contribution is 2.55. The average molecular weight is 264 g/mol. The summed E-state index contributed by atoms with van der Waals surface area (Å²) in [6.07, 6.45) is 1.97. The molecular formula is C15H20O4. The van der Waals surface area contributed by atoms with Crippen LogP contribution in [0.25, 0.3) is 0 Å². The molecule has 104 valence electrons. The molecule has 19 heavy (non-hydrogen) atoms. The van der Waals surface area contributed by atoms with Crippen LogP contribution in [0.2, 0.25) is 0 Å². The summed E-state index contributed by atoms with van der Waals surface area (Å²) in [5.41, 5.74) is 0.513. The van der Waals surface area contributed by atoms with E-state index in [4.69, 9.17) is 9.47 Å². The van der Waals surface area contributed by atoms with Crippen molar-refractivity contribution in [3.05, 3.63) is 12.2 Å². The number of hydrogen-bond donors (Lipinski definition) is 0. The van der Waals surface area contributed by atoms with E-state index in [9.17, 15) is 9.59 Å². The Kier molecular flexibility index (Phi) is 2.91. The standard InChI is InChI=1S/C15H20O4/c1-7(2)4-8(3)14(16)18-12-9-5-10-11(6-9)15(17)19-13(10)12/h7,9-13H,3-6H2,1-2H3. The Hall–Kier alpha value is -1.32. The Morgan fingerprint density at radius 2 is 2.21 bits per heavy atom. The van der Waals surface area contributed by atoms with Gasteiger partial charge in [0.1, 0.15) is 12.2 Å². The van der Waals surface area contributed by atoms with Crippen LogP contribution in [-0.4, -0.2) is 24.1 Å². The number of carbonyl (C=O) groups excluding carboxylic acids is 2. The molecule has 0 aromatic carbocycles. The zero-order valence-corrected chi connectivity index (χ0v) is 11.4. The predicted molar refractivity (Wildman–Crippen MR) is 68.1 cm³/mol. The molecule has 0 amide bonds. The van der Waals surface area contributed by atoms with Crippen molar-refractivity contribution in [2.75, 3.05) is 0 Å². The van der Waals surface area contributed by atoms with Crippen molar-refractivity contribution in [2.24, 2.45) is 23.7 Å². The fourth-order valence-electron chi connectivity index (χ4n) is 3.85. The molecule has 1 heterocycles. The normalized spacial score (nSPS) is 38.7. The average Bonchev–Trinajstić information content (AvgIpc) is 2.92. The quantitative estimate of drug-likeness (QED) is 0.576. The van der Waals surface area contributed by atoms with Crippen molar-refractivity contribution in [1.29, 1.82) is 0 Å². The molecule has 2 aliphatic carbocycles. The maximum absolute atomic E-state index is 12.0. The first-order chi connectivity index (χ1) is 8.97. The lowest BCUT2D eigenvalue weighted by Gasteiger charge is -2.25. The molecule has 5 unspecified atom stereocenters. The van der Waals surface area contributed by atoms with Gasteiger partial charge >= 0.3 is 11.9 Å². The van der Waals surface area contributed by atoms with E-state index in [0.29, 0.717) is 23.8 Å². The molecule has 1 aliphatic heterocycles. The van der Waals surface area contributed by atoms with Crippen molar-refractivity contribution in [2.45, 2.75) is 45.3 Å². The molecule has 0 aromatic heterocycles. The van der Waals surface area contributed by atoms with Gasteiger partial charge < -0.3 is 9.47 Å². The third-order valence-corrected chi connectivity index (χ3v) is 4.60. The molecule has 2 saturated carbocycles. The van der Waals surface area contributed by atoms with E-state index in [1.165, 1.54) is 0 Å². The largest absolute Gasteiger partial charge is 0.458 e. The van der Waals surface area contributed by atoms with Gasteiger partial charge in [-0.25, -0.2) is 4.79 Å². The van der Waals surface area contributed by atoms with Gasteiger partial charge in [0.15, 0.2) is 0 Å². The highest BCUT2D eigenvalue weighted by atomic mass is 16.6. The van der Waals surface area contributed by atoms with Crippen molar-refractivity contribution >= 4 is 11.9 Å². The molecule has 2 bridgehead atoms. The van der Waals surface area contributed by atoms with E-state index >= 15 is 0 Å². The molecule has 1 saturated heterocycles. The minimum atomic E-state index is -0.328. The van der Waals surface area contributed by atoms with Crippen molar-refractivity contribution in [3.63, 3.8) is 0 Å². The van der Waals surface area contributed by atoms with Crippen molar-refractivity contribution < 1.29 is 19.1 Å². The number of fused-ring (bicyclic) bond motifs is 1. The number of rotatable bonds is 4. The Bertz CT molecular complexity index is 439. The minimum Gasteiger partial charge on any atom is -0.458 e. The van der Waals surface area contributed by atoms with E-state index in [1.54, 1.807) is 0 Å². The molecule has 3 rings (SSSR count). The van der Waals surface area contributed by atoms with Crippen LogP contribution in [0.15, 0.2) is 12.2 Å². The Labute approximate surface area is 113 Å². The van der Waals surface area contributed by atoms with Gasteiger partial charge in [0.05, 0.1) is 5.92 Å². The van der Waals surface area contributed by atoms with Gasteiger partial charge in [-0.05, 0) is 25.2 Å². The first-order valence-corrected chi connectivity index (χ1v) is 7.06. The van der Waals surface area contributed by atoms with E-state index in [1.807, 2.05) is 13.8 Å². The monoisotopic (exact) mass is 264 g/mol. The maximum Gasteiger partial charge on any atom is 0.333 e. The fraction of sp³-hybridized carbons (Fsp3) is 0.733. The van der Waals surface area contributed by atoms with Crippen LogP contribution >= 0.6 is 0 Å². The zero-order valence-electron chi connectivity index (χ0n) is 11.4. The summed E-state index contributed by atoms with van der Waals surface area (Å²) in [6.45, 7) is 7.87. The zero-order chi connectivity index (χ0) is 13.7. The van der Waals surface area contributed by atoms with Crippen LogP contribution in [0.3, 0.4) is 0 Å². The molecule has 0 N–H and O–H groups in total. The molecule has 5 atom stereocenters. The second-order valence-corrected chi connectivity index (χ2v) is 6.47. The molecule has 4 heteroatoms. The van der Waals surface area contributed by atoms with E-state index in [2.05, 4.69) is 6.58 Å². The van der Waals surface area contributed by atoms with Gasteiger partial charge in [-0.3, -0.25) is 4.79 Å². The SMILES string of the molecule is C=C(CC(C)C)C(=O)OC1C2CC3C(=O)OC1C3C2. The van der Waals surface area contributed by atoms with Crippen LogP contribution in [0, 0.1) is 23.7 Å². The van der Waals surface area contributed by atoms with Crippen LogP contribution in [0.1, 0.15) is 33.1 Å². The van der Waals surface area contributed by atoms with Gasteiger partial charge in [0.2, 0.25) is 0 Å². The first kappa shape index (κ1) is 12.7. The van der Waals surface area contributed by atoms with Gasteiger partial charge in [0.25, 0.3) is 0 Å². The van der Waals surface area contributed by atoms with Crippen molar-refractivity contribution in [1.82, 2.24) is 0 Å². The van der Waals surface area contributed by atoms with Crippen LogP contribution < -0.4 is 0 Å². The predicted octanol–water partition coefficient (Wildman–Crippen LogP) is 2.08. The van der Waals surface area contributed by atoms with E-state index in [-0.39, 0.29) is 36.0 Å². The minimum absolute atomic E-state index is 0.0591. The third kappa shape index (κ3) is 1.97. The van der Waals surface area contributed by atoms with Crippen LogP contribution in [-0.2, 0) is 19.1 Å². The molecule has 0 aromatic rings. The van der Waals surface area contributed by atoms with Gasteiger partial charge in [0, 0.05) is 17.4 Å². The summed E-state index contributed by atoms with van der Waals surface area (Å²) in [5.74, 6) is 0.580. The Morgan fingerprint density at radius 1 is 1.47 bits per heavy atom. The maximum atomic E-state index is 12.0. The first-order valence-electron chi connectivity index (χ1n) is 7.06. The summed E-state index contributed by atoms with van der Waals surface area (Å²) in [4.78, 5) is 23.6. The van der Waals surface area contributed by atoms with Crippen LogP contribution in [0.4, 0.5) is 0 Å². The lowest BCUT2D eigenvalue weighted by Crippen LogP contribution is -2.36. The Morgan fingerprint density at radius 3 is 2.89 bits per heavy atom. The number of hydrogen-bond acceptors (Lipinski definition) is 4. The fourth-order valence-corrected chi connectivity index (χ4v) is 3.85. The van der Waals surface area contributed by atoms with Crippen LogP contribution in [0.5, 0.6) is 0 Å². The number of carbonyl (C=O) groups is 2. The molecule has 0 radical (unpaired) electrons. The molecule has 3 aliphatic rings. The van der Waals surface area contributed by atoms with E-state index < -0.39 is 0 Å². The highest BCUT2D eigenvalue weighted by Gasteiger charge is 2.63. The van der Waals surface area contributed by atoms with Crippen molar-refractivity contribution in [3.8, 4) is 0 Å². The molecule has 3 fully saturated rings. The lowest BCUT2D eigenvalue weighted by atomic mass is 9.88. The smallest absolute Gasteiger partial charge is 0.333 e. The van der Waals surface area contributed by atoms with Gasteiger partial charge in [-0.2, -0.15) is 0 Å².